The Bertz CT molecular complexity index is 699. The predicted molar refractivity (Wildman–Crippen MR) is 92.9 cm³/mol. The van der Waals surface area contributed by atoms with Crippen LogP contribution in [0.5, 0.6) is 0 Å². The van der Waals surface area contributed by atoms with Crippen LogP contribution in [0.2, 0.25) is 0 Å². The highest BCUT2D eigenvalue weighted by Gasteiger charge is 2.44. The van der Waals surface area contributed by atoms with Crippen molar-refractivity contribution in [2.75, 3.05) is 0 Å². The summed E-state index contributed by atoms with van der Waals surface area (Å²) in [5, 5.41) is 0. The van der Waals surface area contributed by atoms with Crippen LogP contribution in [0.15, 0.2) is 18.2 Å². The molecule has 2 aliphatic heterocycles. The Labute approximate surface area is 152 Å². The molecule has 2 bridgehead atoms. The van der Waals surface area contributed by atoms with Crippen LogP contribution >= 0.6 is 0 Å². The minimum absolute atomic E-state index is 0.0448. The highest BCUT2D eigenvalue weighted by Crippen LogP contribution is 2.39. The van der Waals surface area contributed by atoms with Crippen LogP contribution in [0.1, 0.15) is 63.2 Å². The minimum Gasteiger partial charge on any atom is -0.444 e. The van der Waals surface area contributed by atoms with Crippen LogP contribution in [0.3, 0.4) is 0 Å². The lowest BCUT2D eigenvalue weighted by Crippen LogP contribution is -2.56. The summed E-state index contributed by atoms with van der Waals surface area (Å²) in [5.41, 5.74) is -0.373. The van der Waals surface area contributed by atoms with Gasteiger partial charge in [-0.15, -0.1) is 0 Å². The van der Waals surface area contributed by atoms with Crippen molar-refractivity contribution < 1.29 is 23.1 Å². The second-order valence-electron chi connectivity index (χ2n) is 8.29. The largest absolute Gasteiger partial charge is 0.444 e. The van der Waals surface area contributed by atoms with Crippen molar-refractivity contribution in [3.8, 4) is 0 Å². The van der Waals surface area contributed by atoms with Crippen molar-refractivity contribution in [2.45, 2.75) is 70.6 Å². The molecule has 0 radical (unpaired) electrons. The molecule has 0 spiro atoms. The molecule has 2 aliphatic rings. The van der Waals surface area contributed by atoms with Gasteiger partial charge in [0.2, 0.25) is 0 Å². The minimum atomic E-state index is -1.01. The molecule has 0 aliphatic carbocycles. The number of fused-ring (bicyclic) bond motifs is 2. The quantitative estimate of drug-likeness (QED) is 0.713. The SMILES string of the molecule is CC(C)(C)OC(=O)N1C2CCCC1CC(C(=O)c1ccc(F)c(F)c1)C2. The fourth-order valence-corrected chi connectivity index (χ4v) is 4.09. The van der Waals surface area contributed by atoms with E-state index in [0.717, 1.165) is 31.4 Å². The van der Waals surface area contributed by atoms with Crippen molar-refractivity contribution in [3.63, 3.8) is 0 Å². The summed E-state index contributed by atoms with van der Waals surface area (Å²) < 4.78 is 32.1. The summed E-state index contributed by atoms with van der Waals surface area (Å²) in [6.07, 6.45) is 3.42. The van der Waals surface area contributed by atoms with Gasteiger partial charge >= 0.3 is 6.09 Å². The first-order chi connectivity index (χ1) is 12.2. The van der Waals surface area contributed by atoms with E-state index in [1.54, 1.807) is 4.90 Å². The average Bonchev–Trinajstić information content (AvgIpc) is 2.54. The number of hydrogen-bond acceptors (Lipinski definition) is 3. The number of carbonyl (C=O) groups excluding carboxylic acids is 2. The Hall–Kier alpha value is -1.98. The van der Waals surface area contributed by atoms with Crippen molar-refractivity contribution in [1.29, 1.82) is 0 Å². The maximum Gasteiger partial charge on any atom is 0.410 e. The topological polar surface area (TPSA) is 46.6 Å². The predicted octanol–water partition coefficient (Wildman–Crippen LogP) is 4.72. The van der Waals surface area contributed by atoms with Crippen LogP contribution < -0.4 is 0 Å². The lowest BCUT2D eigenvalue weighted by Gasteiger charge is -2.48. The zero-order valence-electron chi connectivity index (χ0n) is 15.4. The number of halogens is 2. The maximum atomic E-state index is 13.5. The lowest BCUT2D eigenvalue weighted by molar-refractivity contribution is -0.0260. The molecule has 1 aromatic carbocycles. The second kappa shape index (κ2) is 6.97. The summed E-state index contributed by atoms with van der Waals surface area (Å²) in [4.78, 5) is 27.2. The summed E-state index contributed by atoms with van der Waals surface area (Å²) >= 11 is 0. The van der Waals surface area contributed by atoms with E-state index in [0.29, 0.717) is 12.8 Å². The van der Waals surface area contributed by atoms with E-state index in [2.05, 4.69) is 0 Å². The number of ketones is 1. The third-order valence-electron chi connectivity index (χ3n) is 5.15. The zero-order valence-corrected chi connectivity index (χ0v) is 15.4. The third kappa shape index (κ3) is 3.89. The average molecular weight is 365 g/mol. The number of amides is 1. The van der Waals surface area contributed by atoms with E-state index in [-0.39, 0.29) is 35.4 Å². The van der Waals surface area contributed by atoms with Crippen molar-refractivity contribution in [1.82, 2.24) is 4.90 Å². The van der Waals surface area contributed by atoms with E-state index in [9.17, 15) is 18.4 Å². The van der Waals surface area contributed by atoms with E-state index >= 15 is 0 Å². The molecule has 2 atom stereocenters. The van der Waals surface area contributed by atoms with Crippen molar-refractivity contribution in [3.05, 3.63) is 35.4 Å². The van der Waals surface area contributed by atoms with Crippen LogP contribution in [-0.4, -0.2) is 34.5 Å². The van der Waals surface area contributed by atoms with Gasteiger partial charge in [-0.3, -0.25) is 4.79 Å². The summed E-state index contributed by atoms with van der Waals surface area (Å²) in [7, 11) is 0. The smallest absolute Gasteiger partial charge is 0.410 e. The molecular weight excluding hydrogens is 340 g/mol. The monoisotopic (exact) mass is 365 g/mol. The Morgan fingerprint density at radius 2 is 1.69 bits per heavy atom. The Balaban J connectivity index is 1.75. The number of carbonyl (C=O) groups is 2. The summed E-state index contributed by atoms with van der Waals surface area (Å²) in [5.74, 6) is -2.43. The third-order valence-corrected chi connectivity index (χ3v) is 5.15. The summed E-state index contributed by atoms with van der Waals surface area (Å²) in [6, 6.07) is 3.19. The number of nitrogens with zero attached hydrogens (tertiary/aromatic N) is 1. The van der Waals surface area contributed by atoms with Gasteiger partial charge in [0, 0.05) is 23.6 Å². The first kappa shape index (κ1) is 18.8. The van der Waals surface area contributed by atoms with Crippen LogP contribution in [0.25, 0.3) is 0 Å². The lowest BCUT2D eigenvalue weighted by atomic mass is 9.76. The van der Waals surface area contributed by atoms with Gasteiger partial charge in [-0.1, -0.05) is 0 Å². The van der Waals surface area contributed by atoms with Gasteiger partial charge in [0.15, 0.2) is 17.4 Å². The van der Waals surface area contributed by atoms with E-state index in [1.165, 1.54) is 6.07 Å². The van der Waals surface area contributed by atoms with E-state index in [4.69, 9.17) is 4.74 Å². The van der Waals surface area contributed by atoms with Crippen LogP contribution in [0.4, 0.5) is 13.6 Å². The molecule has 1 amide bonds. The first-order valence-corrected chi connectivity index (χ1v) is 9.16. The molecule has 2 saturated heterocycles. The van der Waals surface area contributed by atoms with Crippen molar-refractivity contribution in [2.24, 2.45) is 5.92 Å². The standard InChI is InChI=1S/C20H25F2NO3/c1-20(2,3)26-19(25)23-14-5-4-6-15(23)10-13(9-14)18(24)12-7-8-16(21)17(22)11-12/h7-8,11,13-15H,4-6,9-10H2,1-3H3. The molecule has 142 valence electrons. The number of piperidine rings is 2. The molecule has 4 nitrogen and oxygen atoms in total. The van der Waals surface area contributed by atoms with Crippen LogP contribution in [-0.2, 0) is 4.74 Å². The summed E-state index contributed by atoms with van der Waals surface area (Å²) in [6.45, 7) is 5.50. The highest BCUT2D eigenvalue weighted by atomic mass is 19.2. The number of ether oxygens (including phenoxy) is 1. The molecule has 3 rings (SSSR count). The van der Waals surface area contributed by atoms with Crippen molar-refractivity contribution >= 4 is 11.9 Å². The molecule has 1 aromatic rings. The Morgan fingerprint density at radius 3 is 2.23 bits per heavy atom. The number of rotatable bonds is 2. The zero-order chi connectivity index (χ0) is 19.1. The number of benzene rings is 1. The van der Waals surface area contributed by atoms with Gasteiger partial charge in [0.1, 0.15) is 5.60 Å². The fraction of sp³-hybridized carbons (Fsp3) is 0.600. The van der Waals surface area contributed by atoms with Gasteiger partial charge < -0.3 is 9.64 Å². The molecule has 26 heavy (non-hydrogen) atoms. The van der Waals surface area contributed by atoms with Gasteiger partial charge in [0.05, 0.1) is 0 Å². The second-order valence-corrected chi connectivity index (χ2v) is 8.29. The Kier molecular flexibility index (Phi) is 5.04. The fourth-order valence-electron chi connectivity index (χ4n) is 4.09. The van der Waals surface area contributed by atoms with Gasteiger partial charge in [-0.05, 0) is 71.1 Å². The van der Waals surface area contributed by atoms with Crippen LogP contribution in [0, 0.1) is 17.6 Å². The van der Waals surface area contributed by atoms with Gasteiger partial charge in [0.25, 0.3) is 0 Å². The van der Waals surface area contributed by atoms with E-state index < -0.39 is 17.2 Å². The van der Waals surface area contributed by atoms with E-state index in [1.807, 2.05) is 20.8 Å². The molecule has 0 aromatic heterocycles. The normalized spacial score (nSPS) is 25.7. The number of Topliss-reactive ketones (excluding diaryl/α,β-unsaturated/α-hetero) is 1. The molecule has 6 heteroatoms. The first-order valence-electron chi connectivity index (χ1n) is 9.16. The molecule has 2 fully saturated rings. The molecule has 2 heterocycles. The Morgan fingerprint density at radius 1 is 1.08 bits per heavy atom. The molecule has 0 saturated carbocycles. The van der Waals surface area contributed by atoms with Gasteiger partial charge in [-0.2, -0.15) is 0 Å². The molecule has 2 unspecified atom stereocenters. The molecule has 0 N–H and O–H groups in total. The highest BCUT2D eigenvalue weighted by molar-refractivity contribution is 5.98. The number of hydrogen-bond donors (Lipinski definition) is 0. The molecular formula is C20H25F2NO3. The maximum absolute atomic E-state index is 13.5. The van der Waals surface area contributed by atoms with Gasteiger partial charge in [-0.25, -0.2) is 13.6 Å².